The van der Waals surface area contributed by atoms with Gasteiger partial charge in [-0.2, -0.15) is 0 Å². The molecule has 0 aliphatic heterocycles. The first-order valence-corrected chi connectivity index (χ1v) is 5.25. The number of hydrogen-bond acceptors (Lipinski definition) is 3. The Morgan fingerprint density at radius 3 is 2.75 bits per heavy atom. The highest BCUT2D eigenvalue weighted by atomic mass is 35.5. The molecule has 2 heterocycles. The van der Waals surface area contributed by atoms with E-state index in [1.165, 1.54) is 0 Å². The van der Waals surface area contributed by atoms with Crippen LogP contribution in [0.25, 0.3) is 11.3 Å². The average molecular weight is 256 g/mol. The van der Waals surface area contributed by atoms with Gasteiger partial charge >= 0.3 is 0 Å². The van der Waals surface area contributed by atoms with Crippen LogP contribution < -0.4 is 0 Å². The molecule has 0 aliphatic carbocycles. The second kappa shape index (κ2) is 4.28. The molecule has 82 valence electrons. The lowest BCUT2D eigenvalue weighted by atomic mass is 10.1. The van der Waals surface area contributed by atoms with Crippen molar-refractivity contribution in [2.24, 2.45) is 0 Å². The van der Waals surface area contributed by atoms with Crippen LogP contribution in [0.1, 0.15) is 16.1 Å². The molecular formula is C11H7Cl2NO2. The van der Waals surface area contributed by atoms with E-state index in [0.717, 1.165) is 6.29 Å². The molecule has 5 heteroatoms. The third-order valence-electron chi connectivity index (χ3n) is 2.07. The summed E-state index contributed by atoms with van der Waals surface area (Å²) in [6.45, 7) is 1.76. The Morgan fingerprint density at radius 1 is 1.38 bits per heavy atom. The zero-order valence-corrected chi connectivity index (χ0v) is 9.84. The minimum absolute atomic E-state index is 0.213. The van der Waals surface area contributed by atoms with E-state index in [1.54, 1.807) is 25.1 Å². The van der Waals surface area contributed by atoms with Crippen molar-refractivity contribution < 1.29 is 9.21 Å². The molecule has 0 fully saturated rings. The zero-order chi connectivity index (χ0) is 11.7. The lowest BCUT2D eigenvalue weighted by molar-refractivity contribution is 0.112. The lowest BCUT2D eigenvalue weighted by Gasteiger charge is -2.01. The van der Waals surface area contributed by atoms with E-state index >= 15 is 0 Å². The van der Waals surface area contributed by atoms with Crippen LogP contribution in [0.15, 0.2) is 22.6 Å². The second-order valence-corrected chi connectivity index (χ2v) is 3.98. The molecule has 0 aromatic carbocycles. The number of aromatic nitrogens is 1. The standard InChI is InChI=1S/C11H7Cl2NO2/c1-6-4-7(5-15)10(16-6)8-2-3-9(12)14-11(8)13/h2-5H,1H3. The summed E-state index contributed by atoms with van der Waals surface area (Å²) in [6, 6.07) is 4.91. The Morgan fingerprint density at radius 2 is 2.12 bits per heavy atom. The van der Waals surface area contributed by atoms with E-state index < -0.39 is 0 Å². The Hall–Kier alpha value is -1.32. The van der Waals surface area contributed by atoms with Gasteiger partial charge in [0.05, 0.1) is 11.1 Å². The summed E-state index contributed by atoms with van der Waals surface area (Å²) in [4.78, 5) is 14.7. The third-order valence-corrected chi connectivity index (χ3v) is 2.57. The third kappa shape index (κ3) is 1.96. The molecular weight excluding hydrogens is 249 g/mol. The first kappa shape index (κ1) is 11.2. The number of carbonyl (C=O) groups is 1. The molecule has 2 rings (SSSR count). The fourth-order valence-electron chi connectivity index (χ4n) is 1.41. The van der Waals surface area contributed by atoms with Crippen LogP contribution in [0.4, 0.5) is 0 Å². The molecule has 0 aliphatic rings. The largest absolute Gasteiger partial charge is 0.460 e. The van der Waals surface area contributed by atoms with Crippen molar-refractivity contribution in [1.29, 1.82) is 0 Å². The Bertz CT molecular complexity index is 549. The van der Waals surface area contributed by atoms with Gasteiger partial charge in [-0.05, 0) is 25.1 Å². The number of hydrogen-bond donors (Lipinski definition) is 0. The van der Waals surface area contributed by atoms with E-state index in [-0.39, 0.29) is 5.15 Å². The number of halogens is 2. The smallest absolute Gasteiger partial charge is 0.153 e. The summed E-state index contributed by atoms with van der Waals surface area (Å²) < 4.78 is 5.41. The molecule has 0 amide bonds. The van der Waals surface area contributed by atoms with E-state index in [0.29, 0.717) is 27.8 Å². The normalized spacial score (nSPS) is 10.4. The van der Waals surface area contributed by atoms with Crippen molar-refractivity contribution >= 4 is 29.5 Å². The second-order valence-electron chi connectivity index (χ2n) is 3.23. The summed E-state index contributed by atoms with van der Waals surface area (Å²) in [7, 11) is 0. The highest BCUT2D eigenvalue weighted by Crippen LogP contribution is 2.31. The SMILES string of the molecule is Cc1cc(C=O)c(-c2ccc(Cl)nc2Cl)o1. The average Bonchev–Trinajstić information content (AvgIpc) is 2.59. The fourth-order valence-corrected chi connectivity index (χ4v) is 1.84. The number of pyridine rings is 1. The molecule has 3 nitrogen and oxygen atoms in total. The molecule has 0 atom stereocenters. The predicted octanol–water partition coefficient (Wildman–Crippen LogP) is 3.77. The predicted molar refractivity (Wildman–Crippen MR) is 62.1 cm³/mol. The highest BCUT2D eigenvalue weighted by molar-refractivity contribution is 6.34. The molecule has 0 saturated heterocycles. The summed E-state index contributed by atoms with van der Waals surface area (Å²) in [5.41, 5.74) is 1.00. The minimum Gasteiger partial charge on any atom is -0.460 e. The van der Waals surface area contributed by atoms with Crippen molar-refractivity contribution in [2.75, 3.05) is 0 Å². The molecule has 2 aromatic heterocycles. The van der Waals surface area contributed by atoms with Crippen molar-refractivity contribution in [1.82, 2.24) is 4.98 Å². The number of furan rings is 1. The van der Waals surface area contributed by atoms with Crippen LogP contribution in [0.2, 0.25) is 10.3 Å². The summed E-state index contributed by atoms with van der Waals surface area (Å²) >= 11 is 11.6. The van der Waals surface area contributed by atoms with Gasteiger partial charge in [-0.3, -0.25) is 4.79 Å². The van der Waals surface area contributed by atoms with Crippen LogP contribution in [0, 0.1) is 6.92 Å². The van der Waals surface area contributed by atoms with Gasteiger partial charge in [-0.1, -0.05) is 23.2 Å². The quantitative estimate of drug-likeness (QED) is 0.606. The van der Waals surface area contributed by atoms with E-state index in [9.17, 15) is 4.79 Å². The first-order chi connectivity index (χ1) is 7.61. The van der Waals surface area contributed by atoms with Gasteiger partial charge in [0.15, 0.2) is 6.29 Å². The summed E-state index contributed by atoms with van der Waals surface area (Å²) in [6.07, 6.45) is 0.719. The Balaban J connectivity index is 2.62. The number of aldehydes is 1. The first-order valence-electron chi connectivity index (χ1n) is 4.50. The van der Waals surface area contributed by atoms with E-state index in [2.05, 4.69) is 4.98 Å². The number of aryl methyl sites for hydroxylation is 1. The van der Waals surface area contributed by atoms with Crippen LogP contribution >= 0.6 is 23.2 Å². The molecule has 16 heavy (non-hydrogen) atoms. The minimum atomic E-state index is 0.213. The van der Waals surface area contributed by atoms with Crippen molar-refractivity contribution in [3.05, 3.63) is 39.8 Å². The Labute approximate surface area is 102 Å². The van der Waals surface area contributed by atoms with Crippen LogP contribution in [-0.4, -0.2) is 11.3 Å². The lowest BCUT2D eigenvalue weighted by Crippen LogP contribution is -1.86. The maximum Gasteiger partial charge on any atom is 0.153 e. The van der Waals surface area contributed by atoms with Crippen LogP contribution in [0.5, 0.6) is 0 Å². The highest BCUT2D eigenvalue weighted by Gasteiger charge is 2.14. The summed E-state index contributed by atoms with van der Waals surface area (Å²) in [5.74, 6) is 1.06. The number of rotatable bonds is 2. The van der Waals surface area contributed by atoms with Gasteiger partial charge in [0.1, 0.15) is 21.8 Å². The molecule has 0 unspecified atom stereocenters. The fraction of sp³-hybridized carbons (Fsp3) is 0.0909. The molecule has 0 radical (unpaired) electrons. The molecule has 0 spiro atoms. The Kier molecular flexibility index (Phi) is 2.99. The van der Waals surface area contributed by atoms with Crippen LogP contribution in [-0.2, 0) is 0 Å². The van der Waals surface area contributed by atoms with Crippen molar-refractivity contribution in [3.63, 3.8) is 0 Å². The molecule has 0 saturated carbocycles. The van der Waals surface area contributed by atoms with E-state index in [4.69, 9.17) is 27.6 Å². The monoisotopic (exact) mass is 255 g/mol. The van der Waals surface area contributed by atoms with Crippen molar-refractivity contribution in [3.8, 4) is 11.3 Å². The van der Waals surface area contributed by atoms with Gasteiger partial charge in [-0.25, -0.2) is 4.98 Å². The maximum absolute atomic E-state index is 10.8. The van der Waals surface area contributed by atoms with Crippen molar-refractivity contribution in [2.45, 2.75) is 6.92 Å². The summed E-state index contributed by atoms with van der Waals surface area (Å²) in [5, 5.41) is 0.509. The number of carbonyl (C=O) groups excluding carboxylic acids is 1. The van der Waals surface area contributed by atoms with Gasteiger partial charge in [0, 0.05) is 0 Å². The molecule has 0 N–H and O–H groups in total. The van der Waals surface area contributed by atoms with Gasteiger partial charge < -0.3 is 4.42 Å². The van der Waals surface area contributed by atoms with Gasteiger partial charge in [0.25, 0.3) is 0 Å². The molecule has 2 aromatic rings. The van der Waals surface area contributed by atoms with Gasteiger partial charge in [0.2, 0.25) is 0 Å². The van der Waals surface area contributed by atoms with Gasteiger partial charge in [-0.15, -0.1) is 0 Å². The zero-order valence-electron chi connectivity index (χ0n) is 8.33. The van der Waals surface area contributed by atoms with Crippen LogP contribution in [0.3, 0.4) is 0 Å². The topological polar surface area (TPSA) is 43.1 Å². The maximum atomic E-state index is 10.8. The number of nitrogens with zero attached hydrogens (tertiary/aromatic N) is 1. The van der Waals surface area contributed by atoms with E-state index in [1.807, 2.05) is 0 Å². The molecule has 0 bridgehead atoms.